The van der Waals surface area contributed by atoms with E-state index in [4.69, 9.17) is 0 Å². The van der Waals surface area contributed by atoms with Gasteiger partial charge in [0.25, 0.3) is 0 Å². The lowest BCUT2D eigenvalue weighted by Crippen LogP contribution is -2.27. The van der Waals surface area contributed by atoms with E-state index in [9.17, 15) is 5.26 Å². The van der Waals surface area contributed by atoms with Crippen molar-refractivity contribution < 1.29 is 0 Å². The van der Waals surface area contributed by atoms with E-state index in [0.29, 0.717) is 17.8 Å². The first-order valence-corrected chi connectivity index (χ1v) is 10.5. The van der Waals surface area contributed by atoms with Crippen LogP contribution in [0.5, 0.6) is 0 Å². The monoisotopic (exact) mass is 337 g/mol. The summed E-state index contributed by atoms with van der Waals surface area (Å²) >= 11 is 0. The molecule has 2 saturated carbocycles. The topological polar surface area (TPSA) is 23.8 Å². The number of benzene rings is 1. The molecule has 0 bridgehead atoms. The molecule has 136 valence electrons. The third kappa shape index (κ3) is 4.66. The van der Waals surface area contributed by atoms with Crippen molar-refractivity contribution >= 4 is 0 Å². The average molecular weight is 338 g/mol. The minimum absolute atomic E-state index is 0.244. The summed E-state index contributed by atoms with van der Waals surface area (Å²) < 4.78 is 0. The Hall–Kier alpha value is -1.29. The molecule has 2 atom stereocenters. The normalized spacial score (nSPS) is 35.9. The second-order valence-electron chi connectivity index (χ2n) is 9.18. The maximum Gasteiger partial charge on any atom is 0.0661 e. The van der Waals surface area contributed by atoms with Crippen molar-refractivity contribution in [2.24, 2.45) is 29.6 Å². The summed E-state index contributed by atoms with van der Waals surface area (Å²) in [5, 5.41) is 9.36. The summed E-state index contributed by atoms with van der Waals surface area (Å²) in [4.78, 5) is 0. The van der Waals surface area contributed by atoms with Gasteiger partial charge in [-0.15, -0.1) is 0 Å². The standard InChI is InChI=1S/C24H35N/c1-17-4-6-20(7-5-17)8-9-21-10-12-22(13-11-21)23-14-18(2)24(16-25)19(3)15-23/h10-13,17-20,23-24H,4-9,14-15H2,1-3H3. The largest absolute Gasteiger partial charge is 0.198 e. The van der Waals surface area contributed by atoms with Crippen LogP contribution in [0.4, 0.5) is 0 Å². The van der Waals surface area contributed by atoms with Crippen LogP contribution in [0.1, 0.15) is 82.8 Å². The number of rotatable bonds is 4. The molecule has 1 heteroatoms. The zero-order valence-corrected chi connectivity index (χ0v) is 16.4. The molecule has 0 aliphatic heterocycles. The molecule has 25 heavy (non-hydrogen) atoms. The third-order valence-corrected chi connectivity index (χ3v) is 7.12. The molecule has 1 aromatic carbocycles. The molecule has 0 N–H and O–H groups in total. The molecule has 2 aliphatic carbocycles. The summed E-state index contributed by atoms with van der Waals surface area (Å²) in [6, 6.07) is 12.0. The molecule has 0 heterocycles. The van der Waals surface area contributed by atoms with E-state index in [0.717, 1.165) is 11.8 Å². The van der Waals surface area contributed by atoms with Crippen molar-refractivity contribution in [2.45, 2.75) is 78.1 Å². The zero-order chi connectivity index (χ0) is 17.8. The van der Waals surface area contributed by atoms with E-state index in [1.54, 1.807) is 0 Å². The SMILES string of the molecule is CC1CCC(CCc2ccc(C3CC(C)C(C#N)C(C)C3)cc2)CC1. The highest BCUT2D eigenvalue weighted by molar-refractivity contribution is 5.26. The van der Waals surface area contributed by atoms with E-state index in [2.05, 4.69) is 51.1 Å². The van der Waals surface area contributed by atoms with Crippen LogP contribution in [-0.4, -0.2) is 0 Å². The van der Waals surface area contributed by atoms with Crippen LogP contribution in [0.3, 0.4) is 0 Å². The molecule has 0 radical (unpaired) electrons. The van der Waals surface area contributed by atoms with Gasteiger partial charge in [0.1, 0.15) is 0 Å². The Labute approximate surface area is 154 Å². The van der Waals surface area contributed by atoms with Crippen molar-refractivity contribution in [2.75, 3.05) is 0 Å². The fraction of sp³-hybridized carbons (Fsp3) is 0.708. The Bertz CT molecular complexity index is 561. The quantitative estimate of drug-likeness (QED) is 0.597. The average Bonchev–Trinajstić information content (AvgIpc) is 2.61. The predicted octanol–water partition coefficient (Wildman–Crippen LogP) is 6.73. The highest BCUT2D eigenvalue weighted by Gasteiger charge is 2.33. The van der Waals surface area contributed by atoms with Crippen LogP contribution >= 0.6 is 0 Å². The minimum Gasteiger partial charge on any atom is -0.198 e. The molecule has 0 aromatic heterocycles. The Morgan fingerprint density at radius 3 is 2.08 bits per heavy atom. The fourth-order valence-corrected chi connectivity index (χ4v) is 5.32. The molecule has 0 amide bonds. The first-order valence-electron chi connectivity index (χ1n) is 10.5. The Balaban J connectivity index is 1.53. The summed E-state index contributed by atoms with van der Waals surface area (Å²) in [5.74, 6) is 3.84. The minimum atomic E-state index is 0.244. The Kier molecular flexibility index (Phi) is 6.21. The fourth-order valence-electron chi connectivity index (χ4n) is 5.32. The molecule has 3 rings (SSSR count). The van der Waals surface area contributed by atoms with E-state index in [1.807, 2.05) is 0 Å². The van der Waals surface area contributed by atoms with Crippen LogP contribution in [0, 0.1) is 40.9 Å². The van der Waals surface area contributed by atoms with Crippen molar-refractivity contribution in [1.29, 1.82) is 5.26 Å². The van der Waals surface area contributed by atoms with Crippen LogP contribution < -0.4 is 0 Å². The van der Waals surface area contributed by atoms with E-state index >= 15 is 0 Å². The number of nitrogens with zero attached hydrogens (tertiary/aromatic N) is 1. The summed E-state index contributed by atoms with van der Waals surface area (Å²) in [5.41, 5.74) is 3.00. The number of aryl methyl sites for hydroxylation is 1. The van der Waals surface area contributed by atoms with Crippen LogP contribution in [0.25, 0.3) is 0 Å². The summed E-state index contributed by atoms with van der Waals surface area (Å²) in [6.45, 7) is 6.92. The van der Waals surface area contributed by atoms with Gasteiger partial charge in [-0.25, -0.2) is 0 Å². The van der Waals surface area contributed by atoms with Gasteiger partial charge in [0.2, 0.25) is 0 Å². The van der Waals surface area contributed by atoms with Gasteiger partial charge in [-0.1, -0.05) is 70.7 Å². The number of nitriles is 1. The van der Waals surface area contributed by atoms with Crippen LogP contribution in [0.15, 0.2) is 24.3 Å². The van der Waals surface area contributed by atoms with Gasteiger partial charge < -0.3 is 0 Å². The van der Waals surface area contributed by atoms with Gasteiger partial charge in [0.05, 0.1) is 12.0 Å². The molecule has 2 fully saturated rings. The van der Waals surface area contributed by atoms with Crippen molar-refractivity contribution in [3.05, 3.63) is 35.4 Å². The molecule has 0 spiro atoms. The molecular formula is C24H35N. The lowest BCUT2D eigenvalue weighted by Gasteiger charge is -2.35. The third-order valence-electron chi connectivity index (χ3n) is 7.12. The van der Waals surface area contributed by atoms with Gasteiger partial charge in [-0.2, -0.15) is 5.26 Å². The lowest BCUT2D eigenvalue weighted by atomic mass is 9.68. The smallest absolute Gasteiger partial charge is 0.0661 e. The molecule has 2 unspecified atom stereocenters. The number of hydrogen-bond donors (Lipinski definition) is 0. The van der Waals surface area contributed by atoms with Crippen molar-refractivity contribution in [3.63, 3.8) is 0 Å². The first-order chi connectivity index (χ1) is 12.1. The molecule has 1 aromatic rings. The second-order valence-corrected chi connectivity index (χ2v) is 9.18. The maximum absolute atomic E-state index is 9.36. The summed E-state index contributed by atoms with van der Waals surface area (Å²) in [6.07, 6.45) is 10.7. The summed E-state index contributed by atoms with van der Waals surface area (Å²) in [7, 11) is 0. The zero-order valence-electron chi connectivity index (χ0n) is 16.4. The van der Waals surface area contributed by atoms with Crippen molar-refractivity contribution in [3.8, 4) is 6.07 Å². The van der Waals surface area contributed by atoms with Gasteiger partial charge in [-0.3, -0.25) is 0 Å². The highest BCUT2D eigenvalue weighted by Crippen LogP contribution is 2.42. The van der Waals surface area contributed by atoms with Crippen LogP contribution in [-0.2, 0) is 6.42 Å². The first kappa shape index (κ1) is 18.5. The van der Waals surface area contributed by atoms with Crippen molar-refractivity contribution in [1.82, 2.24) is 0 Å². The van der Waals surface area contributed by atoms with E-state index < -0.39 is 0 Å². The Morgan fingerprint density at radius 1 is 0.920 bits per heavy atom. The van der Waals surface area contributed by atoms with Gasteiger partial charge in [0, 0.05) is 0 Å². The predicted molar refractivity (Wildman–Crippen MR) is 105 cm³/mol. The second kappa shape index (κ2) is 8.39. The van der Waals surface area contributed by atoms with E-state index in [1.165, 1.54) is 62.5 Å². The van der Waals surface area contributed by atoms with Crippen LogP contribution in [0.2, 0.25) is 0 Å². The lowest BCUT2D eigenvalue weighted by molar-refractivity contribution is 0.206. The maximum atomic E-state index is 9.36. The molecule has 1 nitrogen and oxygen atoms in total. The molecule has 0 saturated heterocycles. The van der Waals surface area contributed by atoms with Gasteiger partial charge in [-0.05, 0) is 66.4 Å². The Morgan fingerprint density at radius 2 is 1.52 bits per heavy atom. The highest BCUT2D eigenvalue weighted by atomic mass is 14.4. The molecule has 2 aliphatic rings. The van der Waals surface area contributed by atoms with Gasteiger partial charge in [0.15, 0.2) is 0 Å². The molecular weight excluding hydrogens is 302 g/mol. The van der Waals surface area contributed by atoms with E-state index in [-0.39, 0.29) is 5.92 Å². The van der Waals surface area contributed by atoms with Gasteiger partial charge >= 0.3 is 0 Å². The number of hydrogen-bond acceptors (Lipinski definition) is 1.